The molecule has 1 heterocycles. The molecule has 3 aromatic rings. The van der Waals surface area contributed by atoms with E-state index in [1.807, 2.05) is 50.2 Å². The number of nitrogens with one attached hydrogen (secondary N) is 2. The second-order valence-corrected chi connectivity index (χ2v) is 6.47. The summed E-state index contributed by atoms with van der Waals surface area (Å²) in [6.07, 6.45) is 0. The molecule has 0 bridgehead atoms. The van der Waals surface area contributed by atoms with E-state index in [0.29, 0.717) is 28.0 Å². The van der Waals surface area contributed by atoms with E-state index in [-0.39, 0.29) is 5.78 Å². The summed E-state index contributed by atoms with van der Waals surface area (Å²) in [6.45, 7) is 5.37. The number of carbonyl (C=O) groups excluding carboxylic acids is 1. The summed E-state index contributed by atoms with van der Waals surface area (Å²) in [5, 5.41) is 7.16. The van der Waals surface area contributed by atoms with Crippen LogP contribution in [0.3, 0.4) is 0 Å². The van der Waals surface area contributed by atoms with Gasteiger partial charge in [0.1, 0.15) is 17.5 Å². The number of Topliss-reactive ketones (excluding diaryl/α,β-unsaturated/α-hetero) is 1. The van der Waals surface area contributed by atoms with Crippen molar-refractivity contribution in [3.63, 3.8) is 0 Å². The minimum atomic E-state index is 0.0197. The number of aromatic nitrogens is 2. The Labute approximate surface area is 157 Å². The summed E-state index contributed by atoms with van der Waals surface area (Å²) >= 11 is 6.08. The molecule has 0 spiro atoms. The van der Waals surface area contributed by atoms with Gasteiger partial charge in [0.15, 0.2) is 5.78 Å². The first-order chi connectivity index (χ1) is 12.4. The highest BCUT2D eigenvalue weighted by Gasteiger charge is 2.07. The molecule has 0 atom stereocenters. The number of ketones is 1. The van der Waals surface area contributed by atoms with E-state index in [1.165, 1.54) is 0 Å². The molecule has 0 amide bonds. The van der Waals surface area contributed by atoms with Crippen molar-refractivity contribution in [2.45, 2.75) is 20.8 Å². The van der Waals surface area contributed by atoms with E-state index in [9.17, 15) is 4.79 Å². The first kappa shape index (κ1) is 17.9. The summed E-state index contributed by atoms with van der Waals surface area (Å²) < 4.78 is 0. The fourth-order valence-corrected chi connectivity index (χ4v) is 2.70. The second-order valence-electron chi connectivity index (χ2n) is 6.03. The second kappa shape index (κ2) is 7.54. The minimum Gasteiger partial charge on any atom is -0.340 e. The highest BCUT2D eigenvalue weighted by molar-refractivity contribution is 6.30. The van der Waals surface area contributed by atoms with Gasteiger partial charge in [0, 0.05) is 28.0 Å². The number of hydrogen-bond acceptors (Lipinski definition) is 5. The molecule has 5 nitrogen and oxygen atoms in total. The minimum absolute atomic E-state index is 0.0197. The Hall–Kier alpha value is -2.92. The lowest BCUT2D eigenvalue weighted by Gasteiger charge is -2.12. The van der Waals surface area contributed by atoms with Crippen LogP contribution in [0.5, 0.6) is 0 Å². The predicted molar refractivity (Wildman–Crippen MR) is 106 cm³/mol. The van der Waals surface area contributed by atoms with Crippen molar-refractivity contribution in [1.82, 2.24) is 9.97 Å². The summed E-state index contributed by atoms with van der Waals surface area (Å²) in [5.41, 5.74) is 3.39. The Balaban J connectivity index is 1.87. The average Bonchev–Trinajstić information content (AvgIpc) is 2.58. The SMILES string of the molecule is CC(=O)c1cccc(Nc2cc(Nc3cc(Cl)ccc3C)nc(C)n2)c1. The van der Waals surface area contributed by atoms with Gasteiger partial charge in [0.2, 0.25) is 0 Å². The van der Waals surface area contributed by atoms with Crippen molar-refractivity contribution in [3.05, 3.63) is 70.5 Å². The number of benzene rings is 2. The molecule has 2 N–H and O–H groups in total. The van der Waals surface area contributed by atoms with E-state index in [0.717, 1.165) is 16.9 Å². The summed E-state index contributed by atoms with van der Waals surface area (Å²) in [6, 6.07) is 14.8. The van der Waals surface area contributed by atoms with Gasteiger partial charge in [-0.25, -0.2) is 9.97 Å². The number of aryl methyl sites for hydroxylation is 2. The van der Waals surface area contributed by atoms with Crippen LogP contribution in [-0.4, -0.2) is 15.8 Å². The number of nitrogens with zero attached hydrogens (tertiary/aromatic N) is 2. The summed E-state index contributed by atoms with van der Waals surface area (Å²) in [4.78, 5) is 20.4. The lowest BCUT2D eigenvalue weighted by Crippen LogP contribution is -2.03. The lowest BCUT2D eigenvalue weighted by atomic mass is 10.1. The van der Waals surface area contributed by atoms with Gasteiger partial charge < -0.3 is 10.6 Å². The van der Waals surface area contributed by atoms with Gasteiger partial charge in [-0.15, -0.1) is 0 Å². The smallest absolute Gasteiger partial charge is 0.159 e. The van der Waals surface area contributed by atoms with Crippen LogP contribution in [0, 0.1) is 13.8 Å². The van der Waals surface area contributed by atoms with Crippen molar-refractivity contribution in [2.24, 2.45) is 0 Å². The Bertz CT molecular complexity index is 972. The van der Waals surface area contributed by atoms with Crippen molar-refractivity contribution in [3.8, 4) is 0 Å². The van der Waals surface area contributed by atoms with Crippen molar-refractivity contribution >= 4 is 40.4 Å². The summed E-state index contributed by atoms with van der Waals surface area (Å²) in [7, 11) is 0. The lowest BCUT2D eigenvalue weighted by molar-refractivity contribution is 0.101. The highest BCUT2D eigenvalue weighted by atomic mass is 35.5. The molecule has 0 aliphatic carbocycles. The van der Waals surface area contributed by atoms with Crippen LogP contribution in [0.15, 0.2) is 48.5 Å². The third-order valence-electron chi connectivity index (χ3n) is 3.84. The maximum atomic E-state index is 11.5. The third-order valence-corrected chi connectivity index (χ3v) is 4.08. The van der Waals surface area contributed by atoms with Gasteiger partial charge in [-0.05, 0) is 50.6 Å². The van der Waals surface area contributed by atoms with Gasteiger partial charge in [-0.3, -0.25) is 4.79 Å². The third kappa shape index (κ3) is 4.37. The van der Waals surface area contributed by atoms with Crippen molar-refractivity contribution in [2.75, 3.05) is 10.6 Å². The van der Waals surface area contributed by atoms with Crippen LogP contribution in [-0.2, 0) is 0 Å². The Morgan fingerprint density at radius 3 is 2.42 bits per heavy atom. The predicted octanol–water partition coefficient (Wildman–Crippen LogP) is 5.44. The fraction of sp³-hybridized carbons (Fsp3) is 0.150. The van der Waals surface area contributed by atoms with Gasteiger partial charge in [-0.1, -0.05) is 29.8 Å². The number of halogens is 1. The molecule has 3 rings (SSSR count). The van der Waals surface area contributed by atoms with E-state index < -0.39 is 0 Å². The monoisotopic (exact) mass is 366 g/mol. The quantitative estimate of drug-likeness (QED) is 0.589. The van der Waals surface area contributed by atoms with Gasteiger partial charge in [-0.2, -0.15) is 0 Å². The first-order valence-electron chi connectivity index (χ1n) is 8.17. The van der Waals surface area contributed by atoms with Gasteiger partial charge in [0.05, 0.1) is 0 Å². The normalized spacial score (nSPS) is 10.5. The van der Waals surface area contributed by atoms with E-state index in [4.69, 9.17) is 11.6 Å². The molecule has 26 heavy (non-hydrogen) atoms. The van der Waals surface area contributed by atoms with E-state index >= 15 is 0 Å². The zero-order chi connectivity index (χ0) is 18.7. The van der Waals surface area contributed by atoms with Crippen LogP contribution in [0.25, 0.3) is 0 Å². The Morgan fingerprint density at radius 2 is 1.69 bits per heavy atom. The molecule has 0 saturated carbocycles. The van der Waals surface area contributed by atoms with E-state index in [1.54, 1.807) is 19.1 Å². The molecule has 132 valence electrons. The number of anilines is 4. The molecular weight excluding hydrogens is 348 g/mol. The van der Waals surface area contributed by atoms with Crippen LogP contribution in [0.1, 0.15) is 28.7 Å². The van der Waals surface area contributed by atoms with Gasteiger partial charge in [0.25, 0.3) is 0 Å². The van der Waals surface area contributed by atoms with Crippen LogP contribution >= 0.6 is 11.6 Å². The molecule has 0 saturated heterocycles. The zero-order valence-electron chi connectivity index (χ0n) is 14.8. The maximum Gasteiger partial charge on any atom is 0.159 e. The molecule has 0 unspecified atom stereocenters. The number of rotatable bonds is 5. The standard InChI is InChI=1S/C20H19ClN4O/c1-12-7-8-16(21)10-18(12)25-20-11-19(22-14(3)23-20)24-17-6-4-5-15(9-17)13(2)26/h4-11H,1-3H3,(H2,22,23,24,25). The maximum absolute atomic E-state index is 11.5. The average molecular weight is 367 g/mol. The zero-order valence-corrected chi connectivity index (χ0v) is 15.6. The van der Waals surface area contributed by atoms with Crippen molar-refractivity contribution in [1.29, 1.82) is 0 Å². The first-order valence-corrected chi connectivity index (χ1v) is 8.55. The number of hydrogen-bond donors (Lipinski definition) is 2. The number of carbonyl (C=O) groups is 1. The molecule has 0 aliphatic heterocycles. The molecular formula is C20H19ClN4O. The molecule has 2 aromatic carbocycles. The molecule has 0 fully saturated rings. The molecule has 1 aromatic heterocycles. The largest absolute Gasteiger partial charge is 0.340 e. The molecule has 0 aliphatic rings. The van der Waals surface area contributed by atoms with E-state index in [2.05, 4.69) is 20.6 Å². The molecule has 6 heteroatoms. The van der Waals surface area contributed by atoms with Crippen LogP contribution < -0.4 is 10.6 Å². The Kier molecular flexibility index (Phi) is 5.19. The highest BCUT2D eigenvalue weighted by Crippen LogP contribution is 2.25. The van der Waals surface area contributed by atoms with Crippen LogP contribution in [0.4, 0.5) is 23.0 Å². The van der Waals surface area contributed by atoms with Crippen LogP contribution in [0.2, 0.25) is 5.02 Å². The van der Waals surface area contributed by atoms with Crippen molar-refractivity contribution < 1.29 is 4.79 Å². The topological polar surface area (TPSA) is 66.9 Å². The fourth-order valence-electron chi connectivity index (χ4n) is 2.53. The molecule has 0 radical (unpaired) electrons. The summed E-state index contributed by atoms with van der Waals surface area (Å²) in [5.74, 6) is 1.94. The Morgan fingerprint density at radius 1 is 0.962 bits per heavy atom. The van der Waals surface area contributed by atoms with Gasteiger partial charge >= 0.3 is 0 Å².